The molecular formula is C34H65NO6P+. The van der Waals surface area contributed by atoms with E-state index in [0.717, 1.165) is 13.0 Å². The number of nitrogens with zero attached hydrogens (tertiary/aromatic N) is 1. The second-order valence-electron chi connectivity index (χ2n) is 12.4. The number of quaternary nitrogens is 1. The van der Waals surface area contributed by atoms with Crippen LogP contribution in [0.5, 0.6) is 0 Å². The largest absolute Gasteiger partial charge is 0.472 e. The number of rotatable bonds is 30. The molecule has 0 amide bonds. The SMILES string of the molecule is CCCCCCCCCCCCCCCCCCOCC(COP(=O)(O)OCC[N+](C)(C)Cc1ccccc1)OCC. The topological polar surface area (TPSA) is 74.2 Å². The van der Waals surface area contributed by atoms with Gasteiger partial charge in [0.2, 0.25) is 0 Å². The number of phosphoric ester groups is 1. The maximum absolute atomic E-state index is 12.4. The molecule has 8 heteroatoms. The standard InChI is InChI=1S/C34H64NO6P/c1-5-7-8-9-10-11-12-13-14-15-16-17-18-19-20-24-28-38-31-34(39-6-2)32-41-42(36,37)40-29-27-35(3,4)30-33-25-22-21-23-26-33/h21-23,25-26,34H,5-20,24,27-32H2,1-4H3/p+1. The van der Waals surface area contributed by atoms with Crippen LogP contribution in [-0.4, -0.2) is 69.2 Å². The number of hydrogen-bond donors (Lipinski definition) is 1. The Morgan fingerprint density at radius 1 is 0.714 bits per heavy atom. The number of phosphoric acid groups is 1. The molecule has 42 heavy (non-hydrogen) atoms. The summed E-state index contributed by atoms with van der Waals surface area (Å²) in [5.74, 6) is 0. The summed E-state index contributed by atoms with van der Waals surface area (Å²) >= 11 is 0. The second kappa shape index (κ2) is 25.5. The Labute approximate surface area is 258 Å². The Balaban J connectivity index is 2.03. The summed E-state index contributed by atoms with van der Waals surface area (Å²) in [7, 11) is -0.0210. The summed E-state index contributed by atoms with van der Waals surface area (Å²) in [6, 6.07) is 10.2. The predicted octanol–water partition coefficient (Wildman–Crippen LogP) is 9.08. The fourth-order valence-electron chi connectivity index (χ4n) is 5.12. The summed E-state index contributed by atoms with van der Waals surface area (Å²) in [5, 5.41) is 0. The van der Waals surface area contributed by atoms with Gasteiger partial charge >= 0.3 is 7.82 Å². The van der Waals surface area contributed by atoms with E-state index in [1.165, 1.54) is 102 Å². The molecule has 7 nitrogen and oxygen atoms in total. The first-order chi connectivity index (χ1) is 20.3. The zero-order chi connectivity index (χ0) is 30.8. The van der Waals surface area contributed by atoms with Crippen LogP contribution in [0.4, 0.5) is 0 Å². The minimum absolute atomic E-state index is 0.0388. The summed E-state index contributed by atoms with van der Waals surface area (Å²) in [6.07, 6.45) is 21.1. The summed E-state index contributed by atoms with van der Waals surface area (Å²) in [6.45, 7) is 7.15. The molecule has 1 aromatic carbocycles. The van der Waals surface area contributed by atoms with Crippen LogP contribution in [0.1, 0.15) is 122 Å². The summed E-state index contributed by atoms with van der Waals surface area (Å²) in [5.41, 5.74) is 1.21. The van der Waals surface area contributed by atoms with Crippen molar-refractivity contribution in [3.8, 4) is 0 Å². The van der Waals surface area contributed by atoms with Crippen LogP contribution in [0.2, 0.25) is 0 Å². The number of likely N-dealkylation sites (N-methyl/N-ethyl adjacent to an activating group) is 1. The molecule has 0 aliphatic rings. The normalized spacial score (nSPS) is 14.2. The van der Waals surface area contributed by atoms with Crippen molar-refractivity contribution in [2.45, 2.75) is 129 Å². The molecule has 0 saturated heterocycles. The molecule has 2 unspecified atom stereocenters. The van der Waals surface area contributed by atoms with Crippen LogP contribution in [0, 0.1) is 0 Å². The third-order valence-electron chi connectivity index (χ3n) is 7.68. The number of ether oxygens (including phenoxy) is 2. The number of benzene rings is 1. The van der Waals surface area contributed by atoms with Crippen LogP contribution in [-0.2, 0) is 29.6 Å². The van der Waals surface area contributed by atoms with Gasteiger partial charge in [0.05, 0.1) is 27.3 Å². The van der Waals surface area contributed by atoms with Gasteiger partial charge in [-0.15, -0.1) is 0 Å². The van der Waals surface area contributed by atoms with Gasteiger partial charge in [0.15, 0.2) is 0 Å². The van der Waals surface area contributed by atoms with E-state index < -0.39 is 13.9 Å². The van der Waals surface area contributed by atoms with Gasteiger partial charge in [-0.25, -0.2) is 4.57 Å². The van der Waals surface area contributed by atoms with Crippen LogP contribution in [0.15, 0.2) is 30.3 Å². The molecule has 1 rings (SSSR count). The highest BCUT2D eigenvalue weighted by Gasteiger charge is 2.26. The predicted molar refractivity (Wildman–Crippen MR) is 175 cm³/mol. The Bertz CT molecular complexity index is 779. The highest BCUT2D eigenvalue weighted by atomic mass is 31.2. The van der Waals surface area contributed by atoms with Crippen molar-refractivity contribution in [1.82, 2.24) is 0 Å². The highest BCUT2D eigenvalue weighted by Crippen LogP contribution is 2.43. The van der Waals surface area contributed by atoms with Crippen molar-refractivity contribution in [3.63, 3.8) is 0 Å². The lowest BCUT2D eigenvalue weighted by Gasteiger charge is -2.30. The Morgan fingerprint density at radius 3 is 1.76 bits per heavy atom. The molecular weight excluding hydrogens is 549 g/mol. The monoisotopic (exact) mass is 614 g/mol. The number of hydrogen-bond acceptors (Lipinski definition) is 5. The Morgan fingerprint density at radius 2 is 1.24 bits per heavy atom. The average Bonchev–Trinajstić information content (AvgIpc) is 2.95. The van der Waals surface area contributed by atoms with Crippen LogP contribution in [0.3, 0.4) is 0 Å². The first kappa shape index (κ1) is 39.2. The molecule has 0 aromatic heterocycles. The molecule has 1 N–H and O–H groups in total. The lowest BCUT2D eigenvalue weighted by Crippen LogP contribution is -2.41. The van der Waals surface area contributed by atoms with Crippen molar-refractivity contribution >= 4 is 7.82 Å². The minimum Gasteiger partial charge on any atom is -0.379 e. The molecule has 0 spiro atoms. The zero-order valence-electron chi connectivity index (χ0n) is 27.6. The zero-order valence-corrected chi connectivity index (χ0v) is 28.5. The van der Waals surface area contributed by atoms with E-state index in [0.29, 0.717) is 30.8 Å². The fraction of sp³-hybridized carbons (Fsp3) is 0.824. The van der Waals surface area contributed by atoms with Crippen LogP contribution >= 0.6 is 7.82 Å². The average molecular weight is 615 g/mol. The smallest absolute Gasteiger partial charge is 0.379 e. The molecule has 0 fully saturated rings. The van der Waals surface area contributed by atoms with Gasteiger partial charge in [-0.2, -0.15) is 0 Å². The van der Waals surface area contributed by atoms with E-state index in [-0.39, 0.29) is 13.2 Å². The third kappa shape index (κ3) is 23.6. The lowest BCUT2D eigenvalue weighted by molar-refractivity contribution is -0.903. The van der Waals surface area contributed by atoms with E-state index in [2.05, 4.69) is 33.2 Å². The molecule has 2 atom stereocenters. The molecule has 0 aliphatic carbocycles. The maximum atomic E-state index is 12.4. The molecule has 0 aliphatic heterocycles. The molecule has 0 bridgehead atoms. The Kier molecular flexibility index (Phi) is 23.8. The van der Waals surface area contributed by atoms with Crippen molar-refractivity contribution in [2.24, 2.45) is 0 Å². The van der Waals surface area contributed by atoms with Gasteiger partial charge in [0.25, 0.3) is 0 Å². The maximum Gasteiger partial charge on any atom is 0.472 e. The van der Waals surface area contributed by atoms with E-state index >= 15 is 0 Å². The first-order valence-corrected chi connectivity index (χ1v) is 18.4. The number of unbranched alkanes of at least 4 members (excludes halogenated alkanes) is 15. The summed E-state index contributed by atoms with van der Waals surface area (Å²) < 4.78 is 35.0. The van der Waals surface area contributed by atoms with Crippen molar-refractivity contribution in [1.29, 1.82) is 0 Å². The quantitative estimate of drug-likeness (QED) is 0.0529. The van der Waals surface area contributed by atoms with Gasteiger partial charge in [-0.3, -0.25) is 9.05 Å². The van der Waals surface area contributed by atoms with Crippen LogP contribution < -0.4 is 0 Å². The van der Waals surface area contributed by atoms with Crippen molar-refractivity contribution < 1.29 is 32.5 Å². The van der Waals surface area contributed by atoms with Crippen molar-refractivity contribution in [2.75, 3.05) is 53.7 Å². The highest BCUT2D eigenvalue weighted by molar-refractivity contribution is 7.47. The molecule has 0 heterocycles. The molecule has 246 valence electrons. The minimum atomic E-state index is -4.16. The fourth-order valence-corrected chi connectivity index (χ4v) is 5.86. The van der Waals surface area contributed by atoms with Gasteiger partial charge in [0, 0.05) is 18.8 Å². The second-order valence-corrected chi connectivity index (χ2v) is 13.8. The molecule has 1 aromatic rings. The lowest BCUT2D eigenvalue weighted by atomic mass is 10.0. The van der Waals surface area contributed by atoms with Gasteiger partial charge < -0.3 is 18.9 Å². The van der Waals surface area contributed by atoms with Crippen molar-refractivity contribution in [3.05, 3.63) is 35.9 Å². The third-order valence-corrected chi connectivity index (χ3v) is 8.66. The molecule has 0 radical (unpaired) electrons. The van der Waals surface area contributed by atoms with E-state index in [4.69, 9.17) is 18.5 Å². The van der Waals surface area contributed by atoms with Crippen LogP contribution in [0.25, 0.3) is 0 Å². The van der Waals surface area contributed by atoms with E-state index in [9.17, 15) is 9.46 Å². The van der Waals surface area contributed by atoms with Gasteiger partial charge in [0.1, 0.15) is 25.8 Å². The van der Waals surface area contributed by atoms with E-state index in [1.54, 1.807) is 0 Å². The van der Waals surface area contributed by atoms with Gasteiger partial charge in [-0.1, -0.05) is 134 Å². The van der Waals surface area contributed by atoms with Gasteiger partial charge in [-0.05, 0) is 13.3 Å². The first-order valence-electron chi connectivity index (χ1n) is 16.9. The molecule has 0 saturated carbocycles. The van der Waals surface area contributed by atoms with E-state index in [1.807, 2.05) is 25.1 Å². The summed E-state index contributed by atoms with van der Waals surface area (Å²) in [4.78, 5) is 10.2. The Hall–Kier alpha value is -0.790.